The number of methoxy groups -OCH3 is 2. The molecule has 1 amide bonds. The summed E-state index contributed by atoms with van der Waals surface area (Å²) in [6.07, 6.45) is 1.27. The maximum absolute atomic E-state index is 12.4. The lowest BCUT2D eigenvalue weighted by Crippen LogP contribution is -2.27. The number of aliphatic carboxylic acids is 1. The second-order valence-corrected chi connectivity index (χ2v) is 5.89. The van der Waals surface area contributed by atoms with E-state index in [-0.39, 0.29) is 16.3 Å². The molecule has 0 aromatic heterocycles. The molecule has 2 N–H and O–H groups in total. The minimum absolute atomic E-state index is 0.0980. The summed E-state index contributed by atoms with van der Waals surface area (Å²) in [6, 6.07) is 9.17. The summed E-state index contributed by atoms with van der Waals surface area (Å²) in [5.74, 6) is -1.08. The number of carboxylic acid groups (broad SMARTS) is 1. The normalized spacial score (nSPS) is 11.0. The number of carbonyl (C=O) groups excluding carboxylic acids is 1. The van der Waals surface area contributed by atoms with Crippen molar-refractivity contribution in [3.63, 3.8) is 0 Å². The lowest BCUT2D eigenvalue weighted by molar-refractivity contribution is -0.132. The van der Waals surface area contributed by atoms with E-state index in [0.29, 0.717) is 22.1 Å². The predicted octanol–water partition coefficient (Wildman–Crippen LogP) is 3.87. The van der Waals surface area contributed by atoms with Gasteiger partial charge in [-0.25, -0.2) is 4.79 Å². The Bertz CT molecular complexity index is 880. The molecule has 0 radical (unpaired) electrons. The molecule has 0 bridgehead atoms. The van der Waals surface area contributed by atoms with Crippen LogP contribution in [0.15, 0.2) is 42.1 Å². The number of halogens is 2. The number of hydrogen-bond donors (Lipinski definition) is 2. The Kier molecular flexibility index (Phi) is 6.49. The van der Waals surface area contributed by atoms with Gasteiger partial charge in [-0.3, -0.25) is 4.79 Å². The molecular formula is C18H15Cl2NO5. The third-order valence-electron chi connectivity index (χ3n) is 3.39. The fourth-order valence-electron chi connectivity index (χ4n) is 2.12. The summed E-state index contributed by atoms with van der Waals surface area (Å²) >= 11 is 11.8. The van der Waals surface area contributed by atoms with Crippen LogP contribution in [0.25, 0.3) is 6.08 Å². The van der Waals surface area contributed by atoms with Gasteiger partial charge in [-0.2, -0.15) is 0 Å². The fraction of sp³-hybridized carbons (Fsp3) is 0.111. The van der Waals surface area contributed by atoms with Gasteiger partial charge in [0.25, 0.3) is 5.91 Å². The zero-order chi connectivity index (χ0) is 19.3. The van der Waals surface area contributed by atoms with Crippen molar-refractivity contribution in [3.05, 3.63) is 63.3 Å². The molecule has 8 heteroatoms. The van der Waals surface area contributed by atoms with Crippen molar-refractivity contribution < 1.29 is 24.2 Å². The highest BCUT2D eigenvalue weighted by atomic mass is 35.5. The predicted molar refractivity (Wildman–Crippen MR) is 99.1 cm³/mol. The topological polar surface area (TPSA) is 84.9 Å². The minimum Gasteiger partial charge on any atom is -0.497 e. The van der Waals surface area contributed by atoms with Crippen LogP contribution in [0.3, 0.4) is 0 Å². The molecule has 2 aromatic carbocycles. The molecule has 0 aliphatic heterocycles. The molecule has 0 spiro atoms. The monoisotopic (exact) mass is 395 g/mol. The van der Waals surface area contributed by atoms with Crippen LogP contribution in [0.1, 0.15) is 15.9 Å². The van der Waals surface area contributed by atoms with Crippen LogP contribution in [0.5, 0.6) is 11.5 Å². The van der Waals surface area contributed by atoms with Crippen molar-refractivity contribution in [1.29, 1.82) is 0 Å². The number of benzene rings is 2. The second-order valence-electron chi connectivity index (χ2n) is 5.05. The van der Waals surface area contributed by atoms with E-state index in [4.69, 9.17) is 32.7 Å². The molecule has 26 heavy (non-hydrogen) atoms. The van der Waals surface area contributed by atoms with Gasteiger partial charge in [-0.05, 0) is 42.5 Å². The Hall–Kier alpha value is -2.70. The van der Waals surface area contributed by atoms with Crippen LogP contribution in [-0.4, -0.2) is 31.2 Å². The van der Waals surface area contributed by atoms with Gasteiger partial charge in [0.05, 0.1) is 24.8 Å². The number of nitrogens with one attached hydrogen (secondary N) is 1. The van der Waals surface area contributed by atoms with Crippen molar-refractivity contribution >= 4 is 41.2 Å². The molecule has 0 fully saturated rings. The summed E-state index contributed by atoms with van der Waals surface area (Å²) in [7, 11) is 2.93. The molecule has 6 nitrogen and oxygen atoms in total. The van der Waals surface area contributed by atoms with E-state index in [9.17, 15) is 14.7 Å². The van der Waals surface area contributed by atoms with Crippen LogP contribution in [-0.2, 0) is 4.79 Å². The highest BCUT2D eigenvalue weighted by molar-refractivity contribution is 6.36. The summed E-state index contributed by atoms with van der Waals surface area (Å²) in [5.41, 5.74) is 0.167. The molecule has 0 heterocycles. The molecule has 0 saturated heterocycles. The lowest BCUT2D eigenvalue weighted by Gasteiger charge is -2.10. The lowest BCUT2D eigenvalue weighted by atomic mass is 10.1. The zero-order valence-corrected chi connectivity index (χ0v) is 15.4. The van der Waals surface area contributed by atoms with Crippen LogP contribution in [0.2, 0.25) is 10.0 Å². The second kappa shape index (κ2) is 8.60. The average Bonchev–Trinajstić information content (AvgIpc) is 2.60. The van der Waals surface area contributed by atoms with E-state index in [1.165, 1.54) is 38.5 Å². The van der Waals surface area contributed by atoms with Crippen molar-refractivity contribution in [1.82, 2.24) is 5.32 Å². The van der Waals surface area contributed by atoms with Gasteiger partial charge in [-0.15, -0.1) is 0 Å². The molecule has 2 aromatic rings. The van der Waals surface area contributed by atoms with Crippen LogP contribution < -0.4 is 14.8 Å². The van der Waals surface area contributed by atoms with Crippen LogP contribution in [0, 0.1) is 0 Å². The van der Waals surface area contributed by atoms with E-state index in [1.54, 1.807) is 18.2 Å². The maximum Gasteiger partial charge on any atom is 0.352 e. The number of rotatable bonds is 6. The van der Waals surface area contributed by atoms with Gasteiger partial charge >= 0.3 is 5.97 Å². The fourth-order valence-corrected chi connectivity index (χ4v) is 2.62. The first kappa shape index (κ1) is 19.6. The van der Waals surface area contributed by atoms with Gasteiger partial charge < -0.3 is 19.9 Å². The summed E-state index contributed by atoms with van der Waals surface area (Å²) in [4.78, 5) is 23.9. The molecule has 0 unspecified atom stereocenters. The van der Waals surface area contributed by atoms with Crippen LogP contribution >= 0.6 is 23.2 Å². The van der Waals surface area contributed by atoms with E-state index in [1.807, 2.05) is 0 Å². The molecular weight excluding hydrogens is 381 g/mol. The molecule has 136 valence electrons. The molecule has 0 atom stereocenters. The Balaban J connectivity index is 2.39. The number of carbonyl (C=O) groups is 2. The van der Waals surface area contributed by atoms with Crippen molar-refractivity contribution in [2.75, 3.05) is 14.2 Å². The third kappa shape index (κ3) is 4.68. The van der Waals surface area contributed by atoms with Gasteiger partial charge in [0, 0.05) is 10.6 Å². The Morgan fingerprint density at radius 1 is 1.08 bits per heavy atom. The number of amides is 1. The van der Waals surface area contributed by atoms with Gasteiger partial charge in [0.1, 0.15) is 17.2 Å². The van der Waals surface area contributed by atoms with Crippen molar-refractivity contribution in [2.45, 2.75) is 0 Å². The van der Waals surface area contributed by atoms with E-state index in [0.717, 1.165) is 0 Å². The number of hydrogen-bond acceptors (Lipinski definition) is 4. The highest BCUT2D eigenvalue weighted by Gasteiger charge is 2.17. The zero-order valence-electron chi connectivity index (χ0n) is 13.9. The molecule has 0 aliphatic rings. The Morgan fingerprint density at radius 3 is 2.38 bits per heavy atom. The highest BCUT2D eigenvalue weighted by Crippen LogP contribution is 2.26. The average molecular weight is 396 g/mol. The SMILES string of the molecule is COc1ccc(OC)c(/C=C(/NC(=O)c2ccc(Cl)cc2Cl)C(=O)O)c1. The smallest absolute Gasteiger partial charge is 0.352 e. The van der Waals surface area contributed by atoms with E-state index < -0.39 is 11.9 Å². The quantitative estimate of drug-likeness (QED) is 0.725. The Labute approximate surface area is 159 Å². The standard InChI is InChI=1S/C18H15Cl2NO5/c1-25-12-4-6-16(26-2)10(7-12)8-15(18(23)24)21-17(22)13-5-3-11(19)9-14(13)20/h3-9H,1-2H3,(H,21,22)(H,23,24)/b15-8+. The minimum atomic E-state index is -1.33. The van der Waals surface area contributed by atoms with Crippen molar-refractivity contribution in [2.24, 2.45) is 0 Å². The summed E-state index contributed by atoms with van der Waals surface area (Å²) in [5, 5.41) is 12.2. The van der Waals surface area contributed by atoms with Crippen molar-refractivity contribution in [3.8, 4) is 11.5 Å². The van der Waals surface area contributed by atoms with E-state index >= 15 is 0 Å². The largest absolute Gasteiger partial charge is 0.497 e. The van der Waals surface area contributed by atoms with E-state index in [2.05, 4.69) is 5.32 Å². The Morgan fingerprint density at radius 2 is 1.81 bits per heavy atom. The number of ether oxygens (including phenoxy) is 2. The first-order valence-corrected chi connectivity index (χ1v) is 8.04. The first-order chi connectivity index (χ1) is 12.3. The maximum atomic E-state index is 12.4. The van der Waals surface area contributed by atoms with Crippen LogP contribution in [0.4, 0.5) is 0 Å². The van der Waals surface area contributed by atoms with Gasteiger partial charge in [-0.1, -0.05) is 23.2 Å². The molecule has 0 aliphatic carbocycles. The van der Waals surface area contributed by atoms with Gasteiger partial charge in [0.2, 0.25) is 0 Å². The first-order valence-electron chi connectivity index (χ1n) is 7.29. The molecule has 0 saturated carbocycles. The number of carboxylic acids is 1. The van der Waals surface area contributed by atoms with Gasteiger partial charge in [0.15, 0.2) is 0 Å². The molecule has 2 rings (SSSR count). The summed E-state index contributed by atoms with van der Waals surface area (Å²) in [6.45, 7) is 0. The third-order valence-corrected chi connectivity index (χ3v) is 3.94. The summed E-state index contributed by atoms with van der Waals surface area (Å²) < 4.78 is 10.3.